The van der Waals surface area contributed by atoms with Gasteiger partial charge in [0.15, 0.2) is 6.10 Å². The summed E-state index contributed by atoms with van der Waals surface area (Å²) in [5.74, 6) is -0.883. The summed E-state index contributed by atoms with van der Waals surface area (Å²) in [4.78, 5) is 42.8. The third-order valence-electron chi connectivity index (χ3n) is 9.28. The lowest BCUT2D eigenvalue weighted by Crippen LogP contribution is -2.29. The lowest BCUT2D eigenvalue weighted by molar-refractivity contribution is -0.161. The first-order valence-electron chi connectivity index (χ1n) is 21.0. The Labute approximate surface area is 307 Å². The van der Waals surface area contributed by atoms with Crippen molar-refractivity contribution >= 4 is 19.8 Å². The summed E-state index contributed by atoms with van der Waals surface area (Å²) in [6.07, 6.45) is 40.7. The summed E-state index contributed by atoms with van der Waals surface area (Å²) in [5.41, 5.74) is 0. The van der Waals surface area contributed by atoms with Gasteiger partial charge in [0.25, 0.3) is 0 Å². The Morgan fingerprint density at radius 1 is 0.500 bits per heavy atom. The molecule has 0 aliphatic heterocycles. The van der Waals surface area contributed by atoms with E-state index in [1.165, 1.54) is 128 Å². The van der Waals surface area contributed by atoms with Crippen LogP contribution in [0.25, 0.3) is 0 Å². The highest BCUT2D eigenvalue weighted by Crippen LogP contribution is 2.36. The Morgan fingerprint density at radius 2 is 0.840 bits per heavy atom. The third-order valence-corrected chi connectivity index (χ3v) is 9.77. The second-order valence-electron chi connectivity index (χ2n) is 14.3. The highest BCUT2D eigenvalue weighted by molar-refractivity contribution is 7.46. The smallest absolute Gasteiger partial charge is 0.462 e. The monoisotopic (exact) mass is 731 g/mol. The summed E-state index contributed by atoms with van der Waals surface area (Å²) in [7, 11) is -4.75. The zero-order chi connectivity index (χ0) is 36.8. The van der Waals surface area contributed by atoms with Crippen molar-refractivity contribution in [3.8, 4) is 0 Å². The van der Waals surface area contributed by atoms with Crippen molar-refractivity contribution in [1.29, 1.82) is 0 Å². The number of phosphoric acid groups is 1. The number of allylic oxidation sites excluding steroid dienone is 2. The molecule has 0 rings (SSSR count). The van der Waals surface area contributed by atoms with E-state index in [4.69, 9.17) is 19.3 Å². The van der Waals surface area contributed by atoms with E-state index in [1.54, 1.807) is 0 Å². The Balaban J connectivity index is 3.89. The molecule has 0 spiro atoms. The summed E-state index contributed by atoms with van der Waals surface area (Å²) in [6, 6.07) is 0. The van der Waals surface area contributed by atoms with Gasteiger partial charge < -0.3 is 19.3 Å². The maximum absolute atomic E-state index is 12.4. The quantitative estimate of drug-likeness (QED) is 0.0278. The fourth-order valence-electron chi connectivity index (χ4n) is 6.13. The predicted octanol–water partition coefficient (Wildman–Crippen LogP) is 12.6. The molecule has 50 heavy (non-hydrogen) atoms. The van der Waals surface area contributed by atoms with E-state index in [-0.39, 0.29) is 19.4 Å². The molecule has 0 saturated carbocycles. The van der Waals surface area contributed by atoms with Crippen molar-refractivity contribution in [3.63, 3.8) is 0 Å². The molecule has 8 nitrogen and oxygen atoms in total. The van der Waals surface area contributed by atoms with E-state index in [1.807, 2.05) is 0 Å². The second kappa shape index (κ2) is 37.5. The lowest BCUT2D eigenvalue weighted by Gasteiger charge is -2.18. The van der Waals surface area contributed by atoms with Gasteiger partial charge in [-0.1, -0.05) is 180 Å². The zero-order valence-electron chi connectivity index (χ0n) is 32.6. The van der Waals surface area contributed by atoms with Gasteiger partial charge in [0.2, 0.25) is 0 Å². The first-order chi connectivity index (χ1) is 24.3. The minimum atomic E-state index is -4.75. The van der Waals surface area contributed by atoms with Crippen LogP contribution in [-0.2, 0) is 28.2 Å². The number of ether oxygens (including phenoxy) is 2. The molecule has 2 N–H and O–H groups in total. The first kappa shape index (κ1) is 48.8. The van der Waals surface area contributed by atoms with Gasteiger partial charge in [0, 0.05) is 12.8 Å². The Hall–Kier alpha value is -1.21. The molecule has 0 aromatic rings. The van der Waals surface area contributed by atoms with Crippen molar-refractivity contribution < 1.29 is 37.9 Å². The number of rotatable bonds is 39. The number of phosphoric ester groups is 1. The standard InChI is InChI=1S/C41H79O8P/c1-3-5-7-9-11-13-15-17-19-20-22-24-26-28-30-32-34-36-41(43)49-39(38-48-50(44,45)46)37-47-40(42)35-33-31-29-27-25-23-21-18-16-14-12-10-8-6-4-2/h18,21,39H,3-17,19-20,22-38H2,1-2H3,(H2,44,45,46)/b21-18+/t39-/m1/s1. The van der Waals surface area contributed by atoms with Crippen molar-refractivity contribution in [2.45, 2.75) is 225 Å². The molecule has 0 fully saturated rings. The molecule has 296 valence electrons. The van der Waals surface area contributed by atoms with Crippen molar-refractivity contribution in [1.82, 2.24) is 0 Å². The molecular weight excluding hydrogens is 651 g/mol. The van der Waals surface area contributed by atoms with Crippen LogP contribution in [0.2, 0.25) is 0 Å². The van der Waals surface area contributed by atoms with Gasteiger partial charge in [-0.05, 0) is 38.5 Å². The molecule has 0 bridgehead atoms. The summed E-state index contributed by atoms with van der Waals surface area (Å²) < 4.78 is 26.4. The van der Waals surface area contributed by atoms with Crippen LogP contribution < -0.4 is 0 Å². The maximum atomic E-state index is 12.4. The van der Waals surface area contributed by atoms with Gasteiger partial charge in [-0.15, -0.1) is 0 Å². The largest absolute Gasteiger partial charge is 0.469 e. The average Bonchev–Trinajstić information content (AvgIpc) is 3.08. The summed E-state index contributed by atoms with van der Waals surface area (Å²) in [5, 5.41) is 0. The number of hydrogen-bond acceptors (Lipinski definition) is 6. The molecule has 0 unspecified atom stereocenters. The fourth-order valence-corrected chi connectivity index (χ4v) is 6.49. The second-order valence-corrected chi connectivity index (χ2v) is 15.6. The number of hydrogen-bond donors (Lipinski definition) is 2. The first-order valence-corrected chi connectivity index (χ1v) is 22.5. The van der Waals surface area contributed by atoms with Crippen LogP contribution in [0.1, 0.15) is 219 Å². The Kier molecular flexibility index (Phi) is 36.6. The normalized spacial score (nSPS) is 12.5. The van der Waals surface area contributed by atoms with Crippen LogP contribution in [0, 0.1) is 0 Å². The molecule has 0 aromatic heterocycles. The maximum Gasteiger partial charge on any atom is 0.469 e. The lowest BCUT2D eigenvalue weighted by atomic mass is 10.0. The number of esters is 2. The number of carbonyl (C=O) groups excluding carboxylic acids is 2. The van der Waals surface area contributed by atoms with E-state index in [0.29, 0.717) is 6.42 Å². The van der Waals surface area contributed by atoms with Crippen LogP contribution in [0.15, 0.2) is 12.2 Å². The highest BCUT2D eigenvalue weighted by atomic mass is 31.2. The van der Waals surface area contributed by atoms with Gasteiger partial charge in [0.05, 0.1) is 6.61 Å². The van der Waals surface area contributed by atoms with E-state index < -0.39 is 32.5 Å². The van der Waals surface area contributed by atoms with Gasteiger partial charge in [-0.2, -0.15) is 0 Å². The number of carbonyl (C=O) groups is 2. The van der Waals surface area contributed by atoms with Crippen LogP contribution in [0.4, 0.5) is 0 Å². The number of unbranched alkanes of at least 4 members (excludes halogenated alkanes) is 27. The van der Waals surface area contributed by atoms with Crippen molar-refractivity contribution in [3.05, 3.63) is 12.2 Å². The van der Waals surface area contributed by atoms with E-state index in [2.05, 4.69) is 30.5 Å². The van der Waals surface area contributed by atoms with E-state index >= 15 is 0 Å². The fraction of sp³-hybridized carbons (Fsp3) is 0.902. The van der Waals surface area contributed by atoms with Gasteiger partial charge in [0.1, 0.15) is 6.61 Å². The van der Waals surface area contributed by atoms with E-state index in [0.717, 1.165) is 57.8 Å². The average molecular weight is 731 g/mol. The molecule has 0 radical (unpaired) electrons. The van der Waals surface area contributed by atoms with Gasteiger partial charge >= 0.3 is 19.8 Å². The molecule has 0 aliphatic carbocycles. The molecular formula is C41H79O8P. The van der Waals surface area contributed by atoms with Crippen LogP contribution >= 0.6 is 7.82 Å². The molecule has 0 aromatic carbocycles. The van der Waals surface area contributed by atoms with Crippen molar-refractivity contribution in [2.24, 2.45) is 0 Å². The van der Waals surface area contributed by atoms with E-state index in [9.17, 15) is 14.2 Å². The Bertz CT molecular complexity index is 827. The highest BCUT2D eigenvalue weighted by Gasteiger charge is 2.22. The minimum Gasteiger partial charge on any atom is -0.462 e. The van der Waals surface area contributed by atoms with Crippen LogP contribution in [0.3, 0.4) is 0 Å². The Morgan fingerprint density at radius 3 is 1.22 bits per heavy atom. The predicted molar refractivity (Wildman–Crippen MR) is 207 cm³/mol. The summed E-state index contributed by atoms with van der Waals surface area (Å²) in [6.45, 7) is 3.69. The minimum absolute atomic E-state index is 0.216. The topological polar surface area (TPSA) is 119 Å². The molecule has 1 atom stereocenters. The molecule has 0 saturated heterocycles. The summed E-state index contributed by atoms with van der Waals surface area (Å²) >= 11 is 0. The van der Waals surface area contributed by atoms with Gasteiger partial charge in [-0.3, -0.25) is 14.1 Å². The zero-order valence-corrected chi connectivity index (χ0v) is 33.5. The molecule has 0 heterocycles. The van der Waals surface area contributed by atoms with Crippen LogP contribution in [0.5, 0.6) is 0 Å². The molecule has 0 amide bonds. The van der Waals surface area contributed by atoms with Crippen LogP contribution in [-0.4, -0.2) is 41.0 Å². The van der Waals surface area contributed by atoms with Gasteiger partial charge in [-0.25, -0.2) is 4.57 Å². The van der Waals surface area contributed by atoms with Crippen molar-refractivity contribution in [2.75, 3.05) is 13.2 Å². The third kappa shape index (κ3) is 39.6. The molecule has 9 heteroatoms. The molecule has 0 aliphatic rings. The SMILES string of the molecule is CCCCCCCC/C=C/CCCCCCCC(=O)OC[C@H](COP(=O)(O)O)OC(=O)CCCCCCCCCCCCCCCCCCC.